The molecule has 0 saturated carbocycles. The van der Waals surface area contributed by atoms with Crippen molar-refractivity contribution in [1.82, 2.24) is 14.2 Å². The summed E-state index contributed by atoms with van der Waals surface area (Å²) in [7, 11) is 0. The molecule has 30 heavy (non-hydrogen) atoms. The third-order valence-corrected chi connectivity index (χ3v) is 5.72. The summed E-state index contributed by atoms with van der Waals surface area (Å²) in [5.74, 6) is 0. The molecule has 0 aliphatic carbocycles. The molecule has 1 aliphatic heterocycles. The van der Waals surface area contributed by atoms with Gasteiger partial charge in [0.05, 0.1) is 13.2 Å². The lowest BCUT2D eigenvalue weighted by atomic mass is 9.90. The number of fused-ring (bicyclic) bond motifs is 1. The number of ether oxygens (including phenoxy) is 1. The average molecular weight is 436 g/mol. The Balaban J connectivity index is 1.67. The van der Waals surface area contributed by atoms with Gasteiger partial charge < -0.3 is 25.2 Å². The SMILES string of the molecule is Cc1ccn2c(=O)n(Cc3cc([C@@H]4O[C@H](CO)[C@@H](O)[C@H](O)[C@@H]4O)ccc3Cl)nc2c1. The molecule has 0 radical (unpaired) electrons. The highest BCUT2D eigenvalue weighted by atomic mass is 35.5. The number of aliphatic hydroxyl groups excluding tert-OH is 4. The van der Waals surface area contributed by atoms with Crippen molar-refractivity contribution < 1.29 is 25.2 Å². The van der Waals surface area contributed by atoms with Gasteiger partial charge in [-0.15, -0.1) is 5.10 Å². The zero-order valence-corrected chi connectivity index (χ0v) is 16.8. The highest BCUT2D eigenvalue weighted by molar-refractivity contribution is 6.31. The lowest BCUT2D eigenvalue weighted by molar-refractivity contribution is -0.231. The second-order valence-electron chi connectivity index (χ2n) is 7.47. The summed E-state index contributed by atoms with van der Waals surface area (Å²) in [5, 5.41) is 44.5. The maximum absolute atomic E-state index is 12.6. The maximum atomic E-state index is 12.6. The first-order chi connectivity index (χ1) is 14.3. The Morgan fingerprint density at radius 3 is 2.63 bits per heavy atom. The van der Waals surface area contributed by atoms with E-state index in [2.05, 4.69) is 5.10 Å². The molecule has 1 fully saturated rings. The minimum atomic E-state index is -1.48. The monoisotopic (exact) mass is 435 g/mol. The number of nitrogens with zero attached hydrogens (tertiary/aromatic N) is 3. The highest BCUT2D eigenvalue weighted by Crippen LogP contribution is 2.34. The van der Waals surface area contributed by atoms with Crippen molar-refractivity contribution in [2.45, 2.75) is 44.0 Å². The topological polar surface area (TPSA) is 129 Å². The molecule has 4 N–H and O–H groups in total. The van der Waals surface area contributed by atoms with Crippen LogP contribution in [0.4, 0.5) is 0 Å². The normalized spacial score (nSPS) is 26.9. The molecule has 10 heteroatoms. The molecule has 2 aromatic heterocycles. The Morgan fingerprint density at radius 2 is 1.90 bits per heavy atom. The van der Waals surface area contributed by atoms with Crippen LogP contribution >= 0.6 is 11.6 Å². The fourth-order valence-electron chi connectivity index (χ4n) is 3.65. The van der Waals surface area contributed by atoms with Crippen LogP contribution in [0.1, 0.15) is 22.8 Å². The smallest absolute Gasteiger partial charge is 0.350 e. The van der Waals surface area contributed by atoms with E-state index in [4.69, 9.17) is 16.3 Å². The van der Waals surface area contributed by atoms with Gasteiger partial charge in [-0.05, 0) is 47.9 Å². The first-order valence-corrected chi connectivity index (χ1v) is 9.82. The van der Waals surface area contributed by atoms with Gasteiger partial charge in [-0.2, -0.15) is 0 Å². The van der Waals surface area contributed by atoms with Gasteiger partial charge in [0.1, 0.15) is 30.5 Å². The lowest BCUT2D eigenvalue weighted by Crippen LogP contribution is -2.55. The number of aryl methyl sites for hydroxylation is 1. The van der Waals surface area contributed by atoms with E-state index in [0.717, 1.165) is 5.56 Å². The Morgan fingerprint density at radius 1 is 1.13 bits per heavy atom. The van der Waals surface area contributed by atoms with Crippen LogP contribution in [-0.2, 0) is 11.3 Å². The van der Waals surface area contributed by atoms with Gasteiger partial charge >= 0.3 is 5.69 Å². The molecule has 0 spiro atoms. The Kier molecular flexibility index (Phi) is 5.67. The van der Waals surface area contributed by atoms with Gasteiger partial charge in [0.15, 0.2) is 5.65 Å². The van der Waals surface area contributed by atoms with Gasteiger partial charge in [0.2, 0.25) is 0 Å². The van der Waals surface area contributed by atoms with Crippen LogP contribution in [0.2, 0.25) is 5.02 Å². The molecule has 0 bridgehead atoms. The van der Waals surface area contributed by atoms with Gasteiger partial charge in [-0.3, -0.25) is 4.40 Å². The van der Waals surface area contributed by atoms with Gasteiger partial charge in [-0.1, -0.05) is 17.7 Å². The number of halogens is 1. The van der Waals surface area contributed by atoms with Crippen molar-refractivity contribution in [3.05, 3.63) is 68.7 Å². The molecule has 0 unspecified atom stereocenters. The molecule has 1 aliphatic rings. The van der Waals surface area contributed by atoms with Gasteiger partial charge in [0.25, 0.3) is 0 Å². The van der Waals surface area contributed by atoms with E-state index in [1.807, 2.05) is 13.0 Å². The van der Waals surface area contributed by atoms with Crippen LogP contribution in [0, 0.1) is 6.92 Å². The number of hydrogen-bond acceptors (Lipinski definition) is 7. The third-order valence-electron chi connectivity index (χ3n) is 5.35. The molecule has 9 nitrogen and oxygen atoms in total. The highest BCUT2D eigenvalue weighted by Gasteiger charge is 2.44. The number of pyridine rings is 1. The summed E-state index contributed by atoms with van der Waals surface area (Å²) in [6, 6.07) is 8.47. The Bertz CT molecular complexity index is 1130. The lowest BCUT2D eigenvalue weighted by Gasteiger charge is -2.40. The molecular weight excluding hydrogens is 414 g/mol. The fourth-order valence-corrected chi connectivity index (χ4v) is 3.83. The van der Waals surface area contributed by atoms with Crippen LogP contribution in [0.3, 0.4) is 0 Å². The average Bonchev–Trinajstić information content (AvgIpc) is 3.03. The zero-order valence-electron chi connectivity index (χ0n) is 16.1. The predicted octanol–water partition coefficient (Wildman–Crippen LogP) is 0.0210. The van der Waals surface area contributed by atoms with Crippen molar-refractivity contribution in [1.29, 1.82) is 0 Å². The maximum Gasteiger partial charge on any atom is 0.350 e. The zero-order chi connectivity index (χ0) is 21.6. The second kappa shape index (κ2) is 8.10. The van der Waals surface area contributed by atoms with Crippen molar-refractivity contribution in [3.63, 3.8) is 0 Å². The van der Waals surface area contributed by atoms with E-state index in [1.165, 1.54) is 9.08 Å². The van der Waals surface area contributed by atoms with Crippen molar-refractivity contribution >= 4 is 17.2 Å². The van der Waals surface area contributed by atoms with Gasteiger partial charge in [0, 0.05) is 11.2 Å². The summed E-state index contributed by atoms with van der Waals surface area (Å²) < 4.78 is 8.32. The van der Waals surface area contributed by atoms with E-state index in [9.17, 15) is 25.2 Å². The first-order valence-electron chi connectivity index (χ1n) is 9.45. The van der Waals surface area contributed by atoms with Crippen LogP contribution in [0.15, 0.2) is 41.3 Å². The number of aliphatic hydroxyl groups is 4. The van der Waals surface area contributed by atoms with E-state index in [-0.39, 0.29) is 12.2 Å². The van der Waals surface area contributed by atoms with Crippen molar-refractivity contribution in [3.8, 4) is 0 Å². The molecule has 1 aromatic carbocycles. The molecule has 3 heterocycles. The summed E-state index contributed by atoms with van der Waals surface area (Å²) in [6.07, 6.45) is -4.67. The largest absolute Gasteiger partial charge is 0.394 e. The standard InChI is InChI=1S/C20H22ClN3O6/c1-10-4-5-23-15(6-10)22-24(20(23)29)8-12-7-11(2-3-13(12)21)19-18(28)17(27)16(26)14(9-25)30-19/h2-7,14,16-19,25-28H,8-9H2,1H3/t14-,16-,17+,18+,19+/m1/s1. The summed E-state index contributed by atoms with van der Waals surface area (Å²) in [4.78, 5) is 12.6. The van der Waals surface area contributed by atoms with Crippen molar-refractivity contribution in [2.24, 2.45) is 0 Å². The first kappa shape index (κ1) is 21.0. The number of aromatic nitrogens is 3. The van der Waals surface area contributed by atoms with Crippen LogP contribution < -0.4 is 5.69 Å². The van der Waals surface area contributed by atoms with E-state index >= 15 is 0 Å². The van der Waals surface area contributed by atoms with E-state index in [0.29, 0.717) is 21.8 Å². The fraction of sp³-hybridized carbons (Fsp3) is 0.400. The minimum Gasteiger partial charge on any atom is -0.394 e. The summed E-state index contributed by atoms with van der Waals surface area (Å²) in [6.45, 7) is 1.48. The predicted molar refractivity (Wildman–Crippen MR) is 107 cm³/mol. The molecule has 5 atom stereocenters. The minimum absolute atomic E-state index is 0.0870. The molecule has 0 amide bonds. The number of hydrogen-bond donors (Lipinski definition) is 4. The van der Waals surface area contributed by atoms with Gasteiger partial charge in [-0.25, -0.2) is 9.48 Å². The molecule has 4 rings (SSSR count). The number of benzene rings is 1. The molecule has 3 aromatic rings. The third kappa shape index (κ3) is 3.64. The summed E-state index contributed by atoms with van der Waals surface area (Å²) in [5.41, 5.74) is 2.22. The van der Waals surface area contributed by atoms with Crippen LogP contribution in [0.25, 0.3) is 5.65 Å². The van der Waals surface area contributed by atoms with Crippen molar-refractivity contribution in [2.75, 3.05) is 6.61 Å². The van der Waals surface area contributed by atoms with Crippen LogP contribution in [0.5, 0.6) is 0 Å². The molecule has 1 saturated heterocycles. The molecular formula is C20H22ClN3O6. The van der Waals surface area contributed by atoms with Crippen LogP contribution in [-0.4, -0.2) is 65.6 Å². The second-order valence-corrected chi connectivity index (χ2v) is 7.88. The molecule has 160 valence electrons. The number of rotatable bonds is 4. The van der Waals surface area contributed by atoms with E-state index < -0.39 is 37.1 Å². The van der Waals surface area contributed by atoms with E-state index in [1.54, 1.807) is 30.5 Å². The summed E-state index contributed by atoms with van der Waals surface area (Å²) >= 11 is 6.32. The Labute approximate surface area is 176 Å². The quantitative estimate of drug-likeness (QED) is 0.454. The Hall–Kier alpha value is -2.27.